The van der Waals surface area contributed by atoms with Crippen LogP contribution in [0.1, 0.15) is 81.9 Å². The third-order valence-electron chi connectivity index (χ3n) is 7.27. The van der Waals surface area contributed by atoms with E-state index in [4.69, 9.17) is 4.74 Å². The van der Waals surface area contributed by atoms with Crippen LogP contribution in [0.2, 0.25) is 0 Å². The standard InChI is InChI=1S/C33H38N4O3/c1-23(24-12-14-25(15-13-24)28-17-16-26(20-35-28)29(38)36-31(2,3)4)37-19-18-33(40-30(37)39,21-32(5,6)22-34)27-10-8-7-9-11-27/h7-17,20,23H,18-19,21H2,1-6H3,(H,36,38)/t23-,33-/m0/s1. The van der Waals surface area contributed by atoms with Crippen LogP contribution >= 0.6 is 0 Å². The smallest absolute Gasteiger partial charge is 0.411 e. The van der Waals surface area contributed by atoms with Crippen LogP contribution in [0.15, 0.2) is 72.9 Å². The van der Waals surface area contributed by atoms with Crippen molar-refractivity contribution in [2.75, 3.05) is 6.54 Å². The van der Waals surface area contributed by atoms with E-state index in [1.54, 1.807) is 17.2 Å². The highest BCUT2D eigenvalue weighted by Crippen LogP contribution is 2.44. The summed E-state index contributed by atoms with van der Waals surface area (Å²) in [6.45, 7) is 12.1. The lowest BCUT2D eigenvalue weighted by Gasteiger charge is -2.45. The Kier molecular flexibility index (Phi) is 8.02. The van der Waals surface area contributed by atoms with Crippen molar-refractivity contribution in [2.45, 2.75) is 71.6 Å². The molecule has 7 heteroatoms. The van der Waals surface area contributed by atoms with Gasteiger partial charge in [-0.3, -0.25) is 9.78 Å². The van der Waals surface area contributed by atoms with Crippen molar-refractivity contribution in [1.82, 2.24) is 15.2 Å². The van der Waals surface area contributed by atoms with E-state index >= 15 is 0 Å². The summed E-state index contributed by atoms with van der Waals surface area (Å²) in [5, 5.41) is 12.6. The van der Waals surface area contributed by atoms with Crippen LogP contribution in [0.4, 0.5) is 4.79 Å². The van der Waals surface area contributed by atoms with Gasteiger partial charge in [-0.2, -0.15) is 5.26 Å². The molecular formula is C33H38N4O3. The van der Waals surface area contributed by atoms with Crippen molar-refractivity contribution >= 4 is 12.0 Å². The fraction of sp³-hybridized carbons (Fsp3) is 0.394. The Balaban J connectivity index is 1.48. The quantitative estimate of drug-likeness (QED) is 0.349. The van der Waals surface area contributed by atoms with Gasteiger partial charge < -0.3 is 15.0 Å². The van der Waals surface area contributed by atoms with Crippen molar-refractivity contribution in [3.05, 3.63) is 89.6 Å². The number of aromatic nitrogens is 1. The number of nitriles is 1. The molecule has 40 heavy (non-hydrogen) atoms. The molecule has 1 aliphatic heterocycles. The molecule has 3 aromatic rings. The molecule has 0 unspecified atom stereocenters. The predicted molar refractivity (Wildman–Crippen MR) is 155 cm³/mol. The monoisotopic (exact) mass is 538 g/mol. The maximum Gasteiger partial charge on any atom is 0.411 e. The molecule has 0 bridgehead atoms. The van der Waals surface area contributed by atoms with Crippen LogP contribution in [0, 0.1) is 16.7 Å². The Morgan fingerprint density at radius 2 is 1.75 bits per heavy atom. The van der Waals surface area contributed by atoms with Gasteiger partial charge in [0.2, 0.25) is 0 Å². The molecule has 1 fully saturated rings. The van der Waals surface area contributed by atoms with Crippen molar-refractivity contribution in [1.29, 1.82) is 5.26 Å². The number of rotatable bonds is 7. The van der Waals surface area contributed by atoms with Crippen molar-refractivity contribution < 1.29 is 14.3 Å². The second kappa shape index (κ2) is 11.1. The van der Waals surface area contributed by atoms with E-state index < -0.39 is 11.0 Å². The Hall–Kier alpha value is -4.18. The third-order valence-corrected chi connectivity index (χ3v) is 7.27. The predicted octanol–water partition coefficient (Wildman–Crippen LogP) is 7.02. The first-order valence-corrected chi connectivity index (χ1v) is 13.7. The molecule has 2 aromatic carbocycles. The molecular weight excluding hydrogens is 500 g/mol. The molecule has 2 amide bonds. The maximum absolute atomic E-state index is 13.4. The number of pyridine rings is 1. The number of amides is 2. The molecule has 208 valence electrons. The van der Waals surface area contributed by atoms with E-state index in [0.717, 1.165) is 22.4 Å². The van der Waals surface area contributed by atoms with E-state index in [2.05, 4.69) is 16.4 Å². The highest BCUT2D eigenvalue weighted by molar-refractivity contribution is 5.94. The Morgan fingerprint density at radius 1 is 1.07 bits per heavy atom. The first kappa shape index (κ1) is 28.8. The number of ether oxygens (including phenoxy) is 1. The van der Waals surface area contributed by atoms with Crippen LogP contribution in [0.5, 0.6) is 0 Å². The molecule has 1 N–H and O–H groups in total. The van der Waals surface area contributed by atoms with Gasteiger partial charge in [-0.05, 0) is 64.8 Å². The van der Waals surface area contributed by atoms with Crippen LogP contribution in [-0.2, 0) is 10.3 Å². The van der Waals surface area contributed by atoms with Gasteiger partial charge in [0.05, 0.1) is 28.8 Å². The zero-order chi connectivity index (χ0) is 29.1. The van der Waals surface area contributed by atoms with Gasteiger partial charge in [-0.25, -0.2) is 4.79 Å². The van der Waals surface area contributed by atoms with E-state index in [1.807, 2.05) is 102 Å². The lowest BCUT2D eigenvalue weighted by atomic mass is 9.75. The molecule has 0 aliphatic carbocycles. The molecule has 2 heterocycles. The number of hydrogen-bond acceptors (Lipinski definition) is 5. The summed E-state index contributed by atoms with van der Waals surface area (Å²) < 4.78 is 6.20. The maximum atomic E-state index is 13.4. The number of carbonyl (C=O) groups excluding carboxylic acids is 2. The highest BCUT2D eigenvalue weighted by Gasteiger charge is 2.46. The second-order valence-electron chi connectivity index (χ2n) is 12.3. The number of nitrogens with zero attached hydrogens (tertiary/aromatic N) is 3. The number of hydrogen-bond donors (Lipinski definition) is 1. The average Bonchev–Trinajstić information content (AvgIpc) is 2.92. The zero-order valence-corrected chi connectivity index (χ0v) is 24.2. The van der Waals surface area contributed by atoms with Gasteiger partial charge in [-0.1, -0.05) is 54.6 Å². The van der Waals surface area contributed by atoms with Gasteiger partial charge >= 0.3 is 6.09 Å². The summed E-state index contributed by atoms with van der Waals surface area (Å²) in [7, 11) is 0. The number of carbonyl (C=O) groups is 2. The zero-order valence-electron chi connectivity index (χ0n) is 24.2. The minimum atomic E-state index is -0.848. The summed E-state index contributed by atoms with van der Waals surface area (Å²) >= 11 is 0. The molecule has 0 radical (unpaired) electrons. The summed E-state index contributed by atoms with van der Waals surface area (Å²) in [6, 6.07) is 23.5. The summed E-state index contributed by atoms with van der Waals surface area (Å²) in [4.78, 5) is 32.0. The minimum absolute atomic E-state index is 0.156. The minimum Gasteiger partial charge on any atom is -0.438 e. The lowest BCUT2D eigenvalue weighted by Crippen LogP contribution is -2.50. The Bertz CT molecular complexity index is 1390. The van der Waals surface area contributed by atoms with Crippen molar-refractivity contribution in [3.63, 3.8) is 0 Å². The molecule has 0 saturated carbocycles. The van der Waals surface area contributed by atoms with Gasteiger partial charge in [-0.15, -0.1) is 0 Å². The Labute approximate surface area is 237 Å². The average molecular weight is 539 g/mol. The van der Waals surface area contributed by atoms with Gasteiger partial charge in [0.1, 0.15) is 5.60 Å². The molecule has 1 aromatic heterocycles. The SMILES string of the molecule is C[C@@H](c1ccc(-c2ccc(C(=O)NC(C)(C)C)cn2)cc1)N1CC[C@](CC(C)(C)C#N)(c2ccccc2)OC1=O. The third kappa shape index (κ3) is 6.51. The summed E-state index contributed by atoms with van der Waals surface area (Å²) in [5.74, 6) is -0.156. The molecule has 7 nitrogen and oxygen atoms in total. The van der Waals surface area contributed by atoms with E-state index in [1.165, 1.54) is 0 Å². The van der Waals surface area contributed by atoms with E-state index in [0.29, 0.717) is 24.9 Å². The van der Waals surface area contributed by atoms with Gasteiger partial charge in [0.15, 0.2) is 0 Å². The number of nitrogens with one attached hydrogen (secondary N) is 1. The second-order valence-corrected chi connectivity index (χ2v) is 12.3. The fourth-order valence-corrected chi connectivity index (χ4v) is 5.17. The highest BCUT2D eigenvalue weighted by atomic mass is 16.6. The van der Waals surface area contributed by atoms with Crippen molar-refractivity contribution in [3.8, 4) is 17.3 Å². The van der Waals surface area contributed by atoms with E-state index in [-0.39, 0.29) is 23.6 Å². The van der Waals surface area contributed by atoms with Gasteiger partial charge in [0, 0.05) is 36.7 Å². The van der Waals surface area contributed by atoms with E-state index in [9.17, 15) is 14.9 Å². The molecule has 4 rings (SSSR count). The molecule has 0 spiro atoms. The number of benzene rings is 2. The normalized spacial score (nSPS) is 18.4. The number of cyclic esters (lactones) is 1. The summed E-state index contributed by atoms with van der Waals surface area (Å²) in [6.07, 6.45) is 2.22. The molecule has 1 saturated heterocycles. The van der Waals surface area contributed by atoms with Crippen LogP contribution in [0.3, 0.4) is 0 Å². The van der Waals surface area contributed by atoms with Gasteiger partial charge in [0.25, 0.3) is 5.91 Å². The first-order chi connectivity index (χ1) is 18.8. The van der Waals surface area contributed by atoms with Crippen LogP contribution in [0.25, 0.3) is 11.3 Å². The van der Waals surface area contributed by atoms with Crippen LogP contribution in [-0.4, -0.2) is 34.0 Å². The summed E-state index contributed by atoms with van der Waals surface area (Å²) in [5.41, 5.74) is 2.26. The molecule has 2 atom stereocenters. The van der Waals surface area contributed by atoms with Crippen LogP contribution < -0.4 is 5.32 Å². The topological polar surface area (TPSA) is 95.3 Å². The Morgan fingerprint density at radius 3 is 2.30 bits per heavy atom. The lowest BCUT2D eigenvalue weighted by molar-refractivity contribution is -0.0770. The fourth-order valence-electron chi connectivity index (χ4n) is 5.17. The first-order valence-electron chi connectivity index (χ1n) is 13.7. The molecule has 1 aliphatic rings. The largest absolute Gasteiger partial charge is 0.438 e. The van der Waals surface area contributed by atoms with Crippen molar-refractivity contribution in [2.24, 2.45) is 5.41 Å².